The maximum atomic E-state index is 6.19. The second-order valence-electron chi connectivity index (χ2n) is 4.33. The molecule has 20 heavy (non-hydrogen) atoms. The predicted octanol–water partition coefficient (Wildman–Crippen LogP) is 5.16. The predicted molar refractivity (Wildman–Crippen MR) is 89.4 cm³/mol. The zero-order valence-corrected chi connectivity index (χ0v) is 14.2. The van der Waals surface area contributed by atoms with Gasteiger partial charge < -0.3 is 0 Å². The lowest BCUT2D eigenvalue weighted by Crippen LogP contribution is -2.29. The van der Waals surface area contributed by atoms with Crippen LogP contribution in [0.5, 0.6) is 0 Å². The molecule has 2 rings (SSSR count). The van der Waals surface area contributed by atoms with Gasteiger partial charge in [-0.1, -0.05) is 56.8 Å². The van der Waals surface area contributed by atoms with Crippen LogP contribution in [-0.4, -0.2) is 0 Å². The van der Waals surface area contributed by atoms with Crippen molar-refractivity contribution >= 4 is 50.7 Å². The molecule has 1 unspecified atom stereocenters. The first-order chi connectivity index (χ1) is 9.51. The van der Waals surface area contributed by atoms with Crippen molar-refractivity contribution in [1.82, 2.24) is 5.43 Å². The third-order valence-electron chi connectivity index (χ3n) is 2.96. The molecule has 0 heterocycles. The highest BCUT2D eigenvalue weighted by molar-refractivity contribution is 9.10. The van der Waals surface area contributed by atoms with E-state index in [4.69, 9.17) is 40.6 Å². The van der Waals surface area contributed by atoms with Gasteiger partial charge in [-0.2, -0.15) is 0 Å². The van der Waals surface area contributed by atoms with Crippen molar-refractivity contribution in [2.45, 2.75) is 12.5 Å². The minimum absolute atomic E-state index is 0.137. The van der Waals surface area contributed by atoms with Gasteiger partial charge in [0.2, 0.25) is 0 Å². The Kier molecular flexibility index (Phi) is 5.73. The molecule has 3 N–H and O–H groups in total. The lowest BCUT2D eigenvalue weighted by molar-refractivity contribution is 0.552. The highest BCUT2D eigenvalue weighted by Gasteiger charge is 2.16. The quantitative estimate of drug-likeness (QED) is 0.555. The first-order valence-corrected chi connectivity index (χ1v) is 7.79. The van der Waals surface area contributed by atoms with Gasteiger partial charge in [-0.05, 0) is 47.9 Å². The number of nitrogens with two attached hydrogens (primary N) is 1. The second-order valence-corrected chi connectivity index (χ2v) is 6.49. The lowest BCUT2D eigenvalue weighted by atomic mass is 9.99. The fraction of sp³-hybridized carbons (Fsp3) is 0.143. The van der Waals surface area contributed by atoms with Crippen LogP contribution < -0.4 is 11.3 Å². The number of nitrogens with one attached hydrogen (secondary N) is 1. The second kappa shape index (κ2) is 7.12. The zero-order chi connectivity index (χ0) is 14.7. The van der Waals surface area contributed by atoms with Crippen molar-refractivity contribution in [3.8, 4) is 0 Å². The minimum atomic E-state index is -0.137. The van der Waals surface area contributed by atoms with Gasteiger partial charge >= 0.3 is 0 Å². The average molecular weight is 395 g/mol. The van der Waals surface area contributed by atoms with Crippen LogP contribution in [0.4, 0.5) is 0 Å². The molecule has 0 spiro atoms. The zero-order valence-electron chi connectivity index (χ0n) is 10.3. The standard InChI is InChI=1S/C14H12BrCl3N2/c15-9-4-8(5-10(16)6-9)14(20-19)7-11-12(17)2-1-3-13(11)18/h1-6,14,20H,7,19H2. The summed E-state index contributed by atoms with van der Waals surface area (Å²) in [6.07, 6.45) is 0.571. The molecule has 2 aromatic carbocycles. The average Bonchev–Trinajstić information content (AvgIpc) is 2.37. The summed E-state index contributed by atoms with van der Waals surface area (Å²) in [5.74, 6) is 5.66. The van der Waals surface area contributed by atoms with E-state index in [0.717, 1.165) is 15.6 Å². The Hall–Kier alpha value is -0.290. The fourth-order valence-corrected chi connectivity index (χ4v) is 3.42. The molecule has 0 aliphatic heterocycles. The molecule has 0 aliphatic carbocycles. The topological polar surface area (TPSA) is 38.0 Å². The molecule has 0 aliphatic rings. The van der Waals surface area contributed by atoms with E-state index in [-0.39, 0.29) is 6.04 Å². The number of hydrogen-bond acceptors (Lipinski definition) is 2. The van der Waals surface area contributed by atoms with Crippen LogP contribution in [0.1, 0.15) is 17.2 Å². The summed E-state index contributed by atoms with van der Waals surface area (Å²) < 4.78 is 0.894. The van der Waals surface area contributed by atoms with Crippen molar-refractivity contribution in [2.75, 3.05) is 0 Å². The molecule has 2 nitrogen and oxygen atoms in total. The monoisotopic (exact) mass is 392 g/mol. The van der Waals surface area contributed by atoms with E-state index in [1.807, 2.05) is 36.4 Å². The van der Waals surface area contributed by atoms with Gasteiger partial charge in [0.15, 0.2) is 0 Å². The Labute approximate surface area is 141 Å². The molecule has 0 fully saturated rings. The number of benzene rings is 2. The Morgan fingerprint density at radius 3 is 2.30 bits per heavy atom. The number of halogens is 4. The summed E-state index contributed by atoms with van der Waals surface area (Å²) in [5, 5.41) is 1.89. The number of hydrogen-bond donors (Lipinski definition) is 2. The highest BCUT2D eigenvalue weighted by Crippen LogP contribution is 2.31. The molecular formula is C14H12BrCl3N2. The first kappa shape index (κ1) is 16.1. The van der Waals surface area contributed by atoms with Crippen LogP contribution in [0.2, 0.25) is 15.1 Å². The van der Waals surface area contributed by atoms with Crippen LogP contribution in [0, 0.1) is 0 Å². The molecule has 0 amide bonds. The lowest BCUT2D eigenvalue weighted by Gasteiger charge is -2.18. The molecule has 6 heteroatoms. The summed E-state index contributed by atoms with van der Waals surface area (Å²) in [5.41, 5.74) is 4.60. The maximum Gasteiger partial charge on any atom is 0.0502 e. The van der Waals surface area contributed by atoms with Crippen LogP contribution in [0.25, 0.3) is 0 Å². The summed E-state index contributed by atoms with van der Waals surface area (Å²) >= 11 is 21.9. The van der Waals surface area contributed by atoms with E-state index in [1.165, 1.54) is 0 Å². The van der Waals surface area contributed by atoms with E-state index in [1.54, 1.807) is 0 Å². The van der Waals surface area contributed by atoms with Crippen LogP contribution >= 0.6 is 50.7 Å². The van der Waals surface area contributed by atoms with Crippen molar-refractivity contribution in [2.24, 2.45) is 5.84 Å². The normalized spacial score (nSPS) is 12.4. The SMILES string of the molecule is NNC(Cc1c(Cl)cccc1Cl)c1cc(Cl)cc(Br)c1. The number of rotatable bonds is 4. The summed E-state index contributed by atoms with van der Waals surface area (Å²) in [6, 6.07) is 10.9. The summed E-state index contributed by atoms with van der Waals surface area (Å²) in [7, 11) is 0. The Bertz CT molecular complexity index is 579. The molecule has 2 aromatic rings. The van der Waals surface area contributed by atoms with Crippen molar-refractivity contribution in [1.29, 1.82) is 0 Å². The minimum Gasteiger partial charge on any atom is -0.271 e. The smallest absolute Gasteiger partial charge is 0.0502 e. The Morgan fingerprint density at radius 1 is 1.10 bits per heavy atom. The summed E-state index contributed by atoms with van der Waals surface area (Å²) in [6.45, 7) is 0. The van der Waals surface area contributed by atoms with E-state index in [2.05, 4.69) is 21.4 Å². The highest BCUT2D eigenvalue weighted by atomic mass is 79.9. The maximum absolute atomic E-state index is 6.19. The van der Waals surface area contributed by atoms with Gasteiger partial charge in [0, 0.05) is 19.5 Å². The van der Waals surface area contributed by atoms with Crippen molar-refractivity contribution in [3.63, 3.8) is 0 Å². The van der Waals surface area contributed by atoms with Gasteiger partial charge in [0.05, 0.1) is 6.04 Å². The van der Waals surface area contributed by atoms with Crippen molar-refractivity contribution in [3.05, 3.63) is 67.1 Å². The van der Waals surface area contributed by atoms with E-state index in [0.29, 0.717) is 21.5 Å². The third-order valence-corrected chi connectivity index (χ3v) is 4.34. The molecule has 0 aromatic heterocycles. The molecular weight excluding hydrogens is 382 g/mol. The summed E-state index contributed by atoms with van der Waals surface area (Å²) in [4.78, 5) is 0. The number of hydrazine groups is 1. The van der Waals surface area contributed by atoms with Crippen LogP contribution in [-0.2, 0) is 6.42 Å². The first-order valence-electron chi connectivity index (χ1n) is 5.86. The fourth-order valence-electron chi connectivity index (χ4n) is 1.98. The molecule has 0 saturated heterocycles. The van der Waals surface area contributed by atoms with Crippen LogP contribution in [0.3, 0.4) is 0 Å². The third kappa shape index (κ3) is 3.88. The molecule has 0 saturated carbocycles. The largest absolute Gasteiger partial charge is 0.271 e. The molecule has 1 atom stereocenters. The van der Waals surface area contributed by atoms with E-state index >= 15 is 0 Å². The van der Waals surface area contributed by atoms with E-state index in [9.17, 15) is 0 Å². The van der Waals surface area contributed by atoms with Gasteiger partial charge in [0.25, 0.3) is 0 Å². The Balaban J connectivity index is 2.33. The van der Waals surface area contributed by atoms with Gasteiger partial charge in [-0.3, -0.25) is 11.3 Å². The molecule has 0 bridgehead atoms. The van der Waals surface area contributed by atoms with Gasteiger partial charge in [0.1, 0.15) is 0 Å². The molecule has 106 valence electrons. The molecule has 0 radical (unpaired) electrons. The van der Waals surface area contributed by atoms with Crippen LogP contribution in [0.15, 0.2) is 40.9 Å². The Morgan fingerprint density at radius 2 is 1.75 bits per heavy atom. The van der Waals surface area contributed by atoms with E-state index < -0.39 is 0 Å². The van der Waals surface area contributed by atoms with Gasteiger partial charge in [-0.15, -0.1) is 0 Å². The van der Waals surface area contributed by atoms with Gasteiger partial charge in [-0.25, -0.2) is 0 Å². The van der Waals surface area contributed by atoms with Crippen molar-refractivity contribution < 1.29 is 0 Å².